The van der Waals surface area contributed by atoms with Gasteiger partial charge >= 0.3 is 0 Å². The smallest absolute Gasteiger partial charge is 0.282 e. The number of para-hydroxylation sites is 1. The number of hydrogen-bond acceptors (Lipinski definition) is 5. The minimum Gasteiger partial charge on any atom is -0.298 e. The Hall–Kier alpha value is -1.58. The summed E-state index contributed by atoms with van der Waals surface area (Å²) in [6.07, 6.45) is 2.24. The Balaban J connectivity index is 1.96. The van der Waals surface area contributed by atoms with Gasteiger partial charge in [0.05, 0.1) is 15.9 Å². The maximum atomic E-state index is 10.8. The van der Waals surface area contributed by atoms with Crippen LogP contribution in [0.5, 0.6) is 0 Å². The fourth-order valence-corrected chi connectivity index (χ4v) is 2.54. The lowest BCUT2D eigenvalue weighted by molar-refractivity contribution is -0.387. The van der Waals surface area contributed by atoms with Gasteiger partial charge in [0.1, 0.15) is 6.04 Å². The second-order valence-electron chi connectivity index (χ2n) is 4.16. The number of nitro benzene ring substituents is 1. The molecular formula is C12H13N3O2S. The summed E-state index contributed by atoms with van der Waals surface area (Å²) in [5, 5.41) is 23.0. The fourth-order valence-electron chi connectivity index (χ4n) is 1.56. The summed E-state index contributed by atoms with van der Waals surface area (Å²) in [5.41, 5.74) is 0.102. The highest BCUT2D eigenvalue weighted by molar-refractivity contribution is 7.99. The van der Waals surface area contributed by atoms with E-state index < -0.39 is 4.92 Å². The molecule has 18 heavy (non-hydrogen) atoms. The number of nitrogens with one attached hydrogen (secondary N) is 1. The molecule has 0 saturated heterocycles. The number of nitrogens with zero attached hydrogens (tertiary/aromatic N) is 2. The van der Waals surface area contributed by atoms with Crippen LogP contribution in [-0.2, 0) is 0 Å². The number of thioether (sulfide) groups is 1. The van der Waals surface area contributed by atoms with Crippen LogP contribution in [0.25, 0.3) is 0 Å². The number of hydrogen-bond donors (Lipinski definition) is 1. The van der Waals surface area contributed by atoms with E-state index in [1.54, 1.807) is 18.2 Å². The molecule has 2 rings (SSSR count). The molecule has 6 heteroatoms. The lowest BCUT2D eigenvalue weighted by atomic mass is 10.3. The van der Waals surface area contributed by atoms with Crippen molar-refractivity contribution in [2.24, 2.45) is 0 Å². The highest BCUT2D eigenvalue weighted by atomic mass is 32.2. The van der Waals surface area contributed by atoms with E-state index in [0.29, 0.717) is 16.7 Å². The van der Waals surface area contributed by atoms with E-state index in [1.807, 2.05) is 0 Å². The summed E-state index contributed by atoms with van der Waals surface area (Å²) in [4.78, 5) is 11.1. The Morgan fingerprint density at radius 1 is 1.56 bits per heavy atom. The minimum atomic E-state index is -0.391. The van der Waals surface area contributed by atoms with E-state index in [2.05, 4.69) is 11.4 Å². The van der Waals surface area contributed by atoms with E-state index in [4.69, 9.17) is 5.26 Å². The predicted molar refractivity (Wildman–Crippen MR) is 69.4 cm³/mol. The molecule has 1 atom stereocenters. The molecule has 0 aromatic heterocycles. The SMILES string of the molecule is N#CC(CSc1ccccc1[N+](=O)[O-])NC1CC1. The standard InChI is InChI=1S/C12H13N3O2S/c13-7-10(14-9-5-6-9)8-18-12-4-2-1-3-11(12)15(16)17/h1-4,9-10,14H,5-6,8H2. The molecule has 94 valence electrons. The summed E-state index contributed by atoms with van der Waals surface area (Å²) in [7, 11) is 0. The molecule has 1 aromatic carbocycles. The molecule has 1 fully saturated rings. The largest absolute Gasteiger partial charge is 0.298 e. The molecular weight excluding hydrogens is 250 g/mol. The highest BCUT2D eigenvalue weighted by Crippen LogP contribution is 2.29. The topological polar surface area (TPSA) is 79.0 Å². The van der Waals surface area contributed by atoms with Crippen molar-refractivity contribution in [3.63, 3.8) is 0 Å². The van der Waals surface area contributed by atoms with Crippen molar-refractivity contribution >= 4 is 17.4 Å². The summed E-state index contributed by atoms with van der Waals surface area (Å²) in [6, 6.07) is 9.02. The van der Waals surface area contributed by atoms with Crippen LogP contribution in [0.1, 0.15) is 12.8 Å². The van der Waals surface area contributed by atoms with Crippen molar-refractivity contribution in [2.75, 3.05) is 5.75 Å². The van der Waals surface area contributed by atoms with Crippen LogP contribution >= 0.6 is 11.8 Å². The third-order valence-electron chi connectivity index (χ3n) is 2.64. The van der Waals surface area contributed by atoms with Crippen LogP contribution in [0.15, 0.2) is 29.2 Å². The molecule has 0 aliphatic heterocycles. The van der Waals surface area contributed by atoms with E-state index >= 15 is 0 Å². The van der Waals surface area contributed by atoms with Gasteiger partial charge in [0, 0.05) is 17.9 Å². The van der Waals surface area contributed by atoms with Gasteiger partial charge < -0.3 is 0 Å². The van der Waals surface area contributed by atoms with E-state index in [1.165, 1.54) is 17.8 Å². The average Bonchev–Trinajstić information content (AvgIpc) is 3.18. The molecule has 1 N–H and O–H groups in total. The first kappa shape index (κ1) is 12.9. The van der Waals surface area contributed by atoms with Gasteiger partial charge in [-0.1, -0.05) is 12.1 Å². The zero-order valence-corrected chi connectivity index (χ0v) is 10.5. The first-order valence-electron chi connectivity index (χ1n) is 5.72. The highest BCUT2D eigenvalue weighted by Gasteiger charge is 2.25. The van der Waals surface area contributed by atoms with Gasteiger partial charge in [-0.2, -0.15) is 5.26 Å². The van der Waals surface area contributed by atoms with Gasteiger partial charge in [-0.3, -0.25) is 15.4 Å². The molecule has 1 aliphatic carbocycles. The molecule has 1 aromatic rings. The zero-order valence-electron chi connectivity index (χ0n) is 9.70. The number of nitriles is 1. The van der Waals surface area contributed by atoms with E-state index in [0.717, 1.165) is 12.8 Å². The Labute approximate surface area is 109 Å². The van der Waals surface area contributed by atoms with Crippen molar-refractivity contribution in [3.05, 3.63) is 34.4 Å². The maximum Gasteiger partial charge on any atom is 0.282 e. The third kappa shape index (κ3) is 3.45. The lowest BCUT2D eigenvalue weighted by Crippen LogP contribution is -2.31. The Bertz CT molecular complexity index is 482. The zero-order chi connectivity index (χ0) is 13.0. The van der Waals surface area contributed by atoms with Crippen LogP contribution in [0.2, 0.25) is 0 Å². The first-order chi connectivity index (χ1) is 8.70. The number of nitro groups is 1. The number of benzene rings is 1. The average molecular weight is 263 g/mol. The van der Waals surface area contributed by atoms with Gasteiger partial charge in [0.25, 0.3) is 5.69 Å². The van der Waals surface area contributed by atoms with Crippen LogP contribution in [-0.4, -0.2) is 22.8 Å². The summed E-state index contributed by atoms with van der Waals surface area (Å²) in [5.74, 6) is 0.526. The molecule has 0 spiro atoms. The van der Waals surface area contributed by atoms with Crippen molar-refractivity contribution < 1.29 is 4.92 Å². The second-order valence-corrected chi connectivity index (χ2v) is 5.22. The fraction of sp³-hybridized carbons (Fsp3) is 0.417. The van der Waals surface area contributed by atoms with Gasteiger partial charge in [-0.15, -0.1) is 11.8 Å². The molecule has 1 aliphatic rings. The normalized spacial score (nSPS) is 15.9. The van der Waals surface area contributed by atoms with E-state index in [9.17, 15) is 10.1 Å². The number of rotatable bonds is 6. The summed E-state index contributed by atoms with van der Waals surface area (Å²) < 4.78 is 0. The summed E-state index contributed by atoms with van der Waals surface area (Å²) in [6.45, 7) is 0. The van der Waals surface area contributed by atoms with Crippen molar-refractivity contribution in [2.45, 2.75) is 29.8 Å². The predicted octanol–water partition coefficient (Wildman–Crippen LogP) is 2.33. The van der Waals surface area contributed by atoms with E-state index in [-0.39, 0.29) is 11.7 Å². The Kier molecular flexibility index (Phi) is 4.18. The van der Waals surface area contributed by atoms with Crippen LogP contribution in [0, 0.1) is 21.4 Å². The maximum absolute atomic E-state index is 10.8. The first-order valence-corrected chi connectivity index (χ1v) is 6.71. The van der Waals surface area contributed by atoms with Crippen LogP contribution < -0.4 is 5.32 Å². The van der Waals surface area contributed by atoms with Crippen molar-refractivity contribution in [3.8, 4) is 6.07 Å². The van der Waals surface area contributed by atoms with Crippen LogP contribution in [0.4, 0.5) is 5.69 Å². The molecule has 0 amide bonds. The van der Waals surface area contributed by atoms with Gasteiger partial charge in [-0.25, -0.2) is 0 Å². The molecule has 1 unspecified atom stereocenters. The van der Waals surface area contributed by atoms with Gasteiger partial charge in [0.2, 0.25) is 0 Å². The van der Waals surface area contributed by atoms with Crippen LogP contribution in [0.3, 0.4) is 0 Å². The Morgan fingerprint density at radius 3 is 2.89 bits per heavy atom. The second kappa shape index (κ2) is 5.85. The Morgan fingerprint density at radius 2 is 2.28 bits per heavy atom. The molecule has 1 saturated carbocycles. The van der Waals surface area contributed by atoms with Crippen molar-refractivity contribution in [1.29, 1.82) is 5.26 Å². The molecule has 0 radical (unpaired) electrons. The van der Waals surface area contributed by atoms with Crippen molar-refractivity contribution in [1.82, 2.24) is 5.32 Å². The third-order valence-corrected chi connectivity index (χ3v) is 3.79. The molecule has 0 bridgehead atoms. The quantitative estimate of drug-likeness (QED) is 0.484. The molecule has 0 heterocycles. The lowest BCUT2D eigenvalue weighted by Gasteiger charge is -2.10. The van der Waals surface area contributed by atoms with Gasteiger partial charge in [-0.05, 0) is 18.9 Å². The monoisotopic (exact) mass is 263 g/mol. The van der Waals surface area contributed by atoms with Gasteiger partial charge in [0.15, 0.2) is 0 Å². The molecule has 5 nitrogen and oxygen atoms in total. The summed E-state index contributed by atoms with van der Waals surface area (Å²) >= 11 is 1.35. The minimum absolute atomic E-state index is 0.102.